The summed E-state index contributed by atoms with van der Waals surface area (Å²) >= 11 is 0. The van der Waals surface area contributed by atoms with Crippen LogP contribution in [0.2, 0.25) is 0 Å². The number of benzene rings is 1. The Hall–Kier alpha value is -3.22. The van der Waals surface area contributed by atoms with E-state index in [2.05, 4.69) is 10.4 Å². The molecule has 1 aromatic carbocycles. The fourth-order valence-corrected chi connectivity index (χ4v) is 3.32. The normalized spacial score (nSPS) is 11.5. The molecule has 0 aliphatic rings. The SMILES string of the molecule is Cc1nn(C)c2nc(-c3ccccc3)cc(C(=O)N(C)CC(=O)NC(C)(C)C)c12. The lowest BCUT2D eigenvalue weighted by Gasteiger charge is -2.23. The lowest BCUT2D eigenvalue weighted by molar-refractivity contribution is -0.122. The van der Waals surface area contributed by atoms with Crippen molar-refractivity contribution in [1.82, 2.24) is 25.0 Å². The van der Waals surface area contributed by atoms with Crippen LogP contribution in [0, 0.1) is 6.92 Å². The summed E-state index contributed by atoms with van der Waals surface area (Å²) in [6.07, 6.45) is 0. The van der Waals surface area contributed by atoms with Crippen LogP contribution in [0.3, 0.4) is 0 Å². The number of aryl methyl sites for hydroxylation is 2. The van der Waals surface area contributed by atoms with Gasteiger partial charge in [-0.25, -0.2) is 4.98 Å². The second-order valence-electron chi connectivity index (χ2n) is 8.29. The summed E-state index contributed by atoms with van der Waals surface area (Å²) in [5, 5.41) is 8.03. The number of fused-ring (bicyclic) bond motifs is 1. The molecule has 0 bridgehead atoms. The smallest absolute Gasteiger partial charge is 0.254 e. The minimum atomic E-state index is -0.356. The fraction of sp³-hybridized carbons (Fsp3) is 0.364. The van der Waals surface area contributed by atoms with Gasteiger partial charge in [-0.15, -0.1) is 0 Å². The summed E-state index contributed by atoms with van der Waals surface area (Å²) in [7, 11) is 3.44. The average Bonchev–Trinajstić information content (AvgIpc) is 2.93. The molecule has 3 rings (SSSR count). The highest BCUT2D eigenvalue weighted by Gasteiger charge is 2.24. The summed E-state index contributed by atoms with van der Waals surface area (Å²) in [6.45, 7) is 7.55. The molecular weight excluding hydrogens is 366 g/mol. The molecule has 2 amide bonds. The first kappa shape index (κ1) is 20.5. The third-order valence-electron chi connectivity index (χ3n) is 4.51. The minimum Gasteiger partial charge on any atom is -0.350 e. The van der Waals surface area contributed by atoms with E-state index in [9.17, 15) is 9.59 Å². The second kappa shape index (κ2) is 7.66. The molecule has 0 aliphatic heterocycles. The molecule has 0 spiro atoms. The highest BCUT2D eigenvalue weighted by atomic mass is 16.2. The highest BCUT2D eigenvalue weighted by Crippen LogP contribution is 2.27. The summed E-state index contributed by atoms with van der Waals surface area (Å²) in [5.41, 5.74) is 3.11. The highest BCUT2D eigenvalue weighted by molar-refractivity contribution is 6.08. The van der Waals surface area contributed by atoms with Crippen molar-refractivity contribution < 1.29 is 9.59 Å². The van der Waals surface area contributed by atoms with Gasteiger partial charge in [0.15, 0.2) is 5.65 Å². The van der Waals surface area contributed by atoms with E-state index >= 15 is 0 Å². The number of carbonyl (C=O) groups excluding carboxylic acids is 2. The molecule has 0 saturated heterocycles. The molecule has 0 aliphatic carbocycles. The first-order valence-electron chi connectivity index (χ1n) is 9.53. The monoisotopic (exact) mass is 393 g/mol. The van der Waals surface area contributed by atoms with E-state index in [0.717, 1.165) is 11.3 Å². The van der Waals surface area contributed by atoms with Gasteiger partial charge in [-0.3, -0.25) is 14.3 Å². The lowest BCUT2D eigenvalue weighted by Crippen LogP contribution is -2.46. The maximum atomic E-state index is 13.3. The van der Waals surface area contributed by atoms with Crippen molar-refractivity contribution in [2.75, 3.05) is 13.6 Å². The van der Waals surface area contributed by atoms with E-state index in [-0.39, 0.29) is 23.9 Å². The van der Waals surface area contributed by atoms with Gasteiger partial charge in [0.25, 0.3) is 5.91 Å². The molecule has 7 heteroatoms. The molecule has 7 nitrogen and oxygen atoms in total. The van der Waals surface area contributed by atoms with Crippen LogP contribution in [0.15, 0.2) is 36.4 Å². The van der Waals surface area contributed by atoms with Gasteiger partial charge in [-0.2, -0.15) is 5.10 Å². The Bertz CT molecular complexity index is 1060. The standard InChI is InChI=1S/C22H27N5O2/c1-14-19-16(21(29)26(5)13-18(28)24-22(2,3)4)12-17(15-10-8-7-9-11-15)23-20(19)27(6)25-14/h7-12H,13H2,1-6H3,(H,24,28). The van der Waals surface area contributed by atoms with Crippen LogP contribution < -0.4 is 5.32 Å². The average molecular weight is 393 g/mol. The van der Waals surface area contributed by atoms with Crippen molar-refractivity contribution in [2.24, 2.45) is 7.05 Å². The zero-order chi connectivity index (χ0) is 21.3. The number of likely N-dealkylation sites (N-methyl/N-ethyl adjacent to an activating group) is 1. The van der Waals surface area contributed by atoms with E-state index in [1.54, 1.807) is 17.8 Å². The number of nitrogens with zero attached hydrogens (tertiary/aromatic N) is 4. The number of carbonyl (C=O) groups is 2. The van der Waals surface area contributed by atoms with Crippen molar-refractivity contribution in [3.05, 3.63) is 47.7 Å². The zero-order valence-electron chi connectivity index (χ0n) is 17.8. The Morgan fingerprint density at radius 2 is 1.83 bits per heavy atom. The van der Waals surface area contributed by atoms with Gasteiger partial charge in [0.05, 0.1) is 28.9 Å². The predicted octanol–water partition coefficient (Wildman–Crippen LogP) is 2.93. The summed E-state index contributed by atoms with van der Waals surface area (Å²) in [4.78, 5) is 31.7. The molecule has 2 aromatic heterocycles. The molecule has 1 N–H and O–H groups in total. The number of amides is 2. The number of aromatic nitrogens is 3. The lowest BCUT2D eigenvalue weighted by atomic mass is 10.0. The van der Waals surface area contributed by atoms with Gasteiger partial charge in [-0.05, 0) is 33.8 Å². The number of hydrogen-bond donors (Lipinski definition) is 1. The number of nitrogens with one attached hydrogen (secondary N) is 1. The minimum absolute atomic E-state index is 0.0279. The molecule has 0 fully saturated rings. The molecular formula is C22H27N5O2. The van der Waals surface area contributed by atoms with Crippen molar-refractivity contribution in [3.63, 3.8) is 0 Å². The van der Waals surface area contributed by atoms with Crippen LogP contribution in [0.5, 0.6) is 0 Å². The molecule has 152 valence electrons. The van der Waals surface area contributed by atoms with Crippen molar-refractivity contribution in [2.45, 2.75) is 33.2 Å². The molecule has 3 aromatic rings. The Labute approximate surface area is 170 Å². The Morgan fingerprint density at radius 1 is 1.17 bits per heavy atom. The van der Waals surface area contributed by atoms with E-state index in [1.807, 2.05) is 65.1 Å². The third-order valence-corrected chi connectivity index (χ3v) is 4.51. The van der Waals surface area contributed by atoms with E-state index < -0.39 is 0 Å². The number of hydrogen-bond acceptors (Lipinski definition) is 4. The van der Waals surface area contributed by atoms with Crippen LogP contribution in [0.25, 0.3) is 22.3 Å². The maximum Gasteiger partial charge on any atom is 0.254 e. The van der Waals surface area contributed by atoms with E-state index in [4.69, 9.17) is 4.98 Å². The molecule has 0 radical (unpaired) electrons. The van der Waals surface area contributed by atoms with Crippen molar-refractivity contribution in [1.29, 1.82) is 0 Å². The summed E-state index contributed by atoms with van der Waals surface area (Å²) in [6, 6.07) is 11.5. The van der Waals surface area contributed by atoms with Crippen LogP contribution in [0.1, 0.15) is 36.8 Å². The maximum absolute atomic E-state index is 13.3. The number of pyridine rings is 1. The second-order valence-corrected chi connectivity index (χ2v) is 8.29. The first-order valence-corrected chi connectivity index (χ1v) is 9.53. The first-order chi connectivity index (χ1) is 13.6. The van der Waals surface area contributed by atoms with Crippen LogP contribution in [-0.4, -0.2) is 50.6 Å². The van der Waals surface area contributed by atoms with Crippen molar-refractivity contribution in [3.8, 4) is 11.3 Å². The van der Waals surface area contributed by atoms with Gasteiger partial charge in [-0.1, -0.05) is 30.3 Å². The Kier molecular flexibility index (Phi) is 5.42. The Balaban J connectivity index is 2.03. The third kappa shape index (κ3) is 4.45. The van der Waals surface area contributed by atoms with Crippen LogP contribution in [-0.2, 0) is 11.8 Å². The van der Waals surface area contributed by atoms with Gasteiger partial charge in [0, 0.05) is 25.2 Å². The largest absolute Gasteiger partial charge is 0.350 e. The van der Waals surface area contributed by atoms with Gasteiger partial charge in [0.1, 0.15) is 0 Å². The zero-order valence-corrected chi connectivity index (χ0v) is 17.8. The summed E-state index contributed by atoms with van der Waals surface area (Å²) < 4.78 is 1.68. The van der Waals surface area contributed by atoms with Gasteiger partial charge in [0.2, 0.25) is 5.91 Å². The molecule has 29 heavy (non-hydrogen) atoms. The molecule has 0 unspecified atom stereocenters. The van der Waals surface area contributed by atoms with Crippen LogP contribution >= 0.6 is 0 Å². The van der Waals surface area contributed by atoms with Gasteiger partial charge >= 0.3 is 0 Å². The van der Waals surface area contributed by atoms with Crippen molar-refractivity contribution >= 4 is 22.8 Å². The quantitative estimate of drug-likeness (QED) is 0.739. The number of rotatable bonds is 4. The van der Waals surface area contributed by atoms with Gasteiger partial charge < -0.3 is 10.2 Å². The molecule has 0 atom stereocenters. The van der Waals surface area contributed by atoms with E-state index in [1.165, 1.54) is 4.90 Å². The van der Waals surface area contributed by atoms with E-state index in [0.29, 0.717) is 22.3 Å². The molecule has 2 heterocycles. The predicted molar refractivity (Wildman–Crippen MR) is 114 cm³/mol. The topological polar surface area (TPSA) is 80.1 Å². The fourth-order valence-electron chi connectivity index (χ4n) is 3.32. The molecule has 0 saturated carbocycles. The van der Waals surface area contributed by atoms with Crippen LogP contribution in [0.4, 0.5) is 0 Å². The Morgan fingerprint density at radius 3 is 2.45 bits per heavy atom. The summed E-state index contributed by atoms with van der Waals surface area (Å²) in [5.74, 6) is -0.445.